The van der Waals surface area contributed by atoms with Gasteiger partial charge in [0.2, 0.25) is 0 Å². The first-order chi connectivity index (χ1) is 9.69. The molecule has 2 rings (SSSR count). The van der Waals surface area contributed by atoms with E-state index in [1.165, 1.54) is 37.4 Å². The van der Waals surface area contributed by atoms with E-state index in [9.17, 15) is 0 Å². The zero-order valence-electron chi connectivity index (χ0n) is 12.4. The number of hydrogen-bond donors (Lipinski definition) is 1. The van der Waals surface area contributed by atoms with Crippen molar-refractivity contribution in [2.24, 2.45) is 5.92 Å². The summed E-state index contributed by atoms with van der Waals surface area (Å²) in [5, 5.41) is 10.9. The molecule has 0 bridgehead atoms. The number of nitrogens with zero attached hydrogens (tertiary/aromatic N) is 2. The molecule has 0 atom stereocenters. The number of aliphatic hydroxyl groups excluding tert-OH is 1. The van der Waals surface area contributed by atoms with Gasteiger partial charge in [-0.1, -0.05) is 11.8 Å². The number of thiophene rings is 1. The van der Waals surface area contributed by atoms with Gasteiger partial charge in [-0.05, 0) is 57.4 Å². The van der Waals surface area contributed by atoms with Crippen LogP contribution in [0.25, 0.3) is 0 Å². The second kappa shape index (κ2) is 7.80. The summed E-state index contributed by atoms with van der Waals surface area (Å²) in [6.45, 7) is 4.51. The molecule has 0 unspecified atom stereocenters. The van der Waals surface area contributed by atoms with E-state index in [2.05, 4.69) is 47.2 Å². The molecule has 1 aromatic heterocycles. The van der Waals surface area contributed by atoms with E-state index in [1.807, 2.05) is 0 Å². The maximum atomic E-state index is 8.79. The van der Waals surface area contributed by atoms with Crippen molar-refractivity contribution in [1.29, 1.82) is 0 Å². The smallest absolute Gasteiger partial charge is 0.104 e. The van der Waals surface area contributed by atoms with Gasteiger partial charge in [-0.2, -0.15) is 0 Å². The van der Waals surface area contributed by atoms with E-state index >= 15 is 0 Å². The number of piperidine rings is 1. The highest BCUT2D eigenvalue weighted by molar-refractivity contribution is 7.10. The van der Waals surface area contributed by atoms with E-state index in [4.69, 9.17) is 5.11 Å². The Kier molecular flexibility index (Phi) is 6.06. The number of hydrogen-bond acceptors (Lipinski definition) is 4. The molecule has 1 saturated heterocycles. The van der Waals surface area contributed by atoms with Crippen LogP contribution in [0.15, 0.2) is 11.4 Å². The lowest BCUT2D eigenvalue weighted by atomic mass is 9.96. The maximum Gasteiger partial charge on any atom is 0.104 e. The molecule has 20 heavy (non-hydrogen) atoms. The molecule has 0 radical (unpaired) electrons. The summed E-state index contributed by atoms with van der Waals surface area (Å²) < 4.78 is 0. The van der Waals surface area contributed by atoms with E-state index in [-0.39, 0.29) is 6.61 Å². The average molecular weight is 292 g/mol. The molecule has 0 aromatic carbocycles. The van der Waals surface area contributed by atoms with Crippen LogP contribution in [0.2, 0.25) is 0 Å². The Morgan fingerprint density at radius 1 is 1.40 bits per heavy atom. The minimum Gasteiger partial charge on any atom is -0.384 e. The van der Waals surface area contributed by atoms with Crippen LogP contribution in [0, 0.1) is 17.8 Å². The molecule has 1 aromatic rings. The normalized spacial score (nSPS) is 17.2. The number of likely N-dealkylation sites (tertiary alicyclic amines) is 1. The SMILES string of the molecule is CN(C)CC1CCN(Cc2sccc2C#CCO)CC1. The molecular weight excluding hydrogens is 268 g/mol. The van der Waals surface area contributed by atoms with Crippen molar-refractivity contribution < 1.29 is 5.11 Å². The summed E-state index contributed by atoms with van der Waals surface area (Å²) in [7, 11) is 4.31. The molecule has 0 amide bonds. The van der Waals surface area contributed by atoms with Gasteiger partial charge in [-0.25, -0.2) is 0 Å². The highest BCUT2D eigenvalue weighted by Gasteiger charge is 2.20. The molecule has 3 nitrogen and oxygen atoms in total. The lowest BCUT2D eigenvalue weighted by molar-refractivity contribution is 0.158. The van der Waals surface area contributed by atoms with Gasteiger partial charge >= 0.3 is 0 Å². The third-order valence-corrected chi connectivity index (χ3v) is 4.65. The predicted octanol–water partition coefficient (Wildman–Crippen LogP) is 1.87. The average Bonchev–Trinajstić information content (AvgIpc) is 2.85. The fraction of sp³-hybridized carbons (Fsp3) is 0.625. The van der Waals surface area contributed by atoms with E-state index < -0.39 is 0 Å². The number of rotatable bonds is 4. The van der Waals surface area contributed by atoms with Crippen LogP contribution in [0.3, 0.4) is 0 Å². The maximum absolute atomic E-state index is 8.79. The summed E-state index contributed by atoms with van der Waals surface area (Å²) >= 11 is 1.77. The van der Waals surface area contributed by atoms with Crippen LogP contribution in [0.1, 0.15) is 23.3 Å². The van der Waals surface area contributed by atoms with Crippen LogP contribution in [-0.2, 0) is 6.54 Å². The topological polar surface area (TPSA) is 26.7 Å². The predicted molar refractivity (Wildman–Crippen MR) is 84.8 cm³/mol. The summed E-state index contributed by atoms with van der Waals surface area (Å²) in [4.78, 5) is 6.15. The Bertz CT molecular complexity index is 464. The molecule has 0 saturated carbocycles. The van der Waals surface area contributed by atoms with Crippen molar-refractivity contribution >= 4 is 11.3 Å². The van der Waals surface area contributed by atoms with E-state index in [0.717, 1.165) is 18.0 Å². The summed E-state index contributed by atoms with van der Waals surface area (Å²) in [6, 6.07) is 2.06. The van der Waals surface area contributed by atoms with Crippen LogP contribution in [0.4, 0.5) is 0 Å². The Morgan fingerprint density at radius 2 is 2.15 bits per heavy atom. The fourth-order valence-corrected chi connectivity index (χ4v) is 3.63. The first-order valence-corrected chi connectivity index (χ1v) is 8.10. The molecule has 110 valence electrons. The Balaban J connectivity index is 1.85. The van der Waals surface area contributed by atoms with Crippen LogP contribution < -0.4 is 0 Å². The van der Waals surface area contributed by atoms with Crippen molar-refractivity contribution in [3.05, 3.63) is 21.9 Å². The van der Waals surface area contributed by atoms with Gasteiger partial charge < -0.3 is 10.0 Å². The first-order valence-electron chi connectivity index (χ1n) is 7.22. The van der Waals surface area contributed by atoms with Crippen molar-refractivity contribution in [2.45, 2.75) is 19.4 Å². The largest absolute Gasteiger partial charge is 0.384 e. The van der Waals surface area contributed by atoms with Gasteiger partial charge in [0.25, 0.3) is 0 Å². The monoisotopic (exact) mass is 292 g/mol. The van der Waals surface area contributed by atoms with Gasteiger partial charge in [0.05, 0.1) is 0 Å². The highest BCUT2D eigenvalue weighted by Crippen LogP contribution is 2.23. The summed E-state index contributed by atoms with van der Waals surface area (Å²) in [5.41, 5.74) is 1.08. The molecule has 4 heteroatoms. The van der Waals surface area contributed by atoms with Crippen molar-refractivity contribution in [2.75, 3.05) is 40.3 Å². The molecule has 1 aliphatic rings. The van der Waals surface area contributed by atoms with Crippen LogP contribution in [-0.4, -0.2) is 55.2 Å². The zero-order valence-corrected chi connectivity index (χ0v) is 13.2. The minimum absolute atomic E-state index is 0.0643. The lowest BCUT2D eigenvalue weighted by Crippen LogP contribution is -2.36. The fourth-order valence-electron chi connectivity index (χ4n) is 2.76. The van der Waals surface area contributed by atoms with Crippen molar-refractivity contribution in [3.63, 3.8) is 0 Å². The molecule has 2 heterocycles. The van der Waals surface area contributed by atoms with E-state index in [0.29, 0.717) is 0 Å². The van der Waals surface area contributed by atoms with Gasteiger partial charge in [0.15, 0.2) is 0 Å². The first kappa shape index (κ1) is 15.5. The summed E-state index contributed by atoms with van der Waals surface area (Å²) in [6.07, 6.45) is 2.59. The van der Waals surface area contributed by atoms with Gasteiger partial charge in [-0.15, -0.1) is 11.3 Å². The minimum atomic E-state index is -0.0643. The van der Waals surface area contributed by atoms with Crippen molar-refractivity contribution in [1.82, 2.24) is 9.80 Å². The Labute approximate surface area is 126 Å². The lowest BCUT2D eigenvalue weighted by Gasteiger charge is -2.33. The Hall–Kier alpha value is -0.860. The van der Waals surface area contributed by atoms with Gasteiger partial charge in [-0.3, -0.25) is 4.90 Å². The third-order valence-electron chi connectivity index (χ3n) is 3.75. The highest BCUT2D eigenvalue weighted by atomic mass is 32.1. The molecular formula is C16H24N2OS. The Morgan fingerprint density at radius 3 is 2.80 bits per heavy atom. The van der Waals surface area contributed by atoms with Crippen molar-refractivity contribution in [3.8, 4) is 11.8 Å². The molecule has 1 aliphatic heterocycles. The third kappa shape index (κ3) is 4.60. The molecule has 1 fully saturated rings. The quantitative estimate of drug-likeness (QED) is 0.858. The summed E-state index contributed by atoms with van der Waals surface area (Å²) in [5.74, 6) is 6.64. The standard InChI is InChI=1S/C16H24N2OS/c1-17(2)12-14-5-8-18(9-6-14)13-16-15(4-3-10-19)7-11-20-16/h7,11,14,19H,5-6,8-10,12-13H2,1-2H3. The second-order valence-electron chi connectivity index (χ2n) is 5.70. The number of aliphatic hydroxyl groups is 1. The second-order valence-corrected chi connectivity index (χ2v) is 6.70. The van der Waals surface area contributed by atoms with E-state index in [1.54, 1.807) is 11.3 Å². The molecule has 0 spiro atoms. The van der Waals surface area contributed by atoms with Gasteiger partial charge in [0.1, 0.15) is 6.61 Å². The van der Waals surface area contributed by atoms with Crippen LogP contribution in [0.5, 0.6) is 0 Å². The van der Waals surface area contributed by atoms with Gasteiger partial charge in [0, 0.05) is 23.5 Å². The molecule has 1 N–H and O–H groups in total. The molecule has 0 aliphatic carbocycles. The van der Waals surface area contributed by atoms with Crippen LogP contribution >= 0.6 is 11.3 Å². The zero-order chi connectivity index (χ0) is 14.4.